The number of hydrogen-bond acceptors (Lipinski definition) is 5. The fraction of sp³-hybridized carbons (Fsp3) is 0.292. The topological polar surface area (TPSA) is 110 Å². The average molecular weight is 595 g/mol. The summed E-state index contributed by atoms with van der Waals surface area (Å²) in [6.07, 6.45) is -4.59. The van der Waals surface area contributed by atoms with Crippen molar-refractivity contribution in [2.24, 2.45) is 11.1 Å². The summed E-state index contributed by atoms with van der Waals surface area (Å²) in [7, 11) is 0. The van der Waals surface area contributed by atoms with E-state index in [9.17, 15) is 27.9 Å². The first-order valence-electron chi connectivity index (χ1n) is 10.6. The number of carbonyl (C=O) groups excluding carboxylic acids is 2. The van der Waals surface area contributed by atoms with Gasteiger partial charge >= 0.3 is 6.18 Å². The predicted octanol–water partition coefficient (Wildman–Crippen LogP) is 4.99. The Morgan fingerprint density at radius 1 is 1.23 bits per heavy atom. The number of alkyl halides is 3. The Morgan fingerprint density at radius 3 is 2.54 bits per heavy atom. The Labute approximate surface area is 212 Å². The molecule has 0 radical (unpaired) electrons. The molecule has 1 aliphatic carbocycles. The first-order valence-corrected chi connectivity index (χ1v) is 11.7. The lowest BCUT2D eigenvalue weighted by molar-refractivity contribution is -0.141. The molecular formula is C24H22F3IN4O3. The van der Waals surface area contributed by atoms with Crippen LogP contribution in [0.3, 0.4) is 0 Å². The van der Waals surface area contributed by atoms with Gasteiger partial charge in [0.2, 0.25) is 0 Å². The van der Waals surface area contributed by atoms with Crippen LogP contribution in [-0.2, 0) is 19.2 Å². The molecule has 7 nitrogen and oxygen atoms in total. The molecule has 0 aliphatic heterocycles. The Kier molecular flexibility index (Phi) is 6.43. The number of aliphatic hydroxyl groups is 1. The van der Waals surface area contributed by atoms with Gasteiger partial charge in [-0.1, -0.05) is 19.9 Å². The summed E-state index contributed by atoms with van der Waals surface area (Å²) in [4.78, 5) is 24.8. The normalized spacial score (nSPS) is 15.1. The molecule has 4 rings (SSSR count). The summed E-state index contributed by atoms with van der Waals surface area (Å²) < 4.78 is 43.3. The highest BCUT2D eigenvalue weighted by molar-refractivity contribution is 14.1. The van der Waals surface area contributed by atoms with E-state index in [1.54, 1.807) is 18.2 Å². The lowest BCUT2D eigenvalue weighted by Crippen LogP contribution is -2.29. The smallest absolute Gasteiger partial charge is 0.392 e. The van der Waals surface area contributed by atoms with Gasteiger partial charge in [0.1, 0.15) is 0 Å². The van der Waals surface area contributed by atoms with Gasteiger partial charge in [-0.25, -0.2) is 4.68 Å². The Morgan fingerprint density at radius 2 is 1.94 bits per heavy atom. The standard InChI is InChI=1S/C24H22F3IN4O3/c1-23(2)9-18-20(19(34)10-23)21(24(25,26)27)31-32(18)14-5-6-15(22(29)35)17(8-14)30-13-4-3-12(11-33)16(28)7-13/h3-8,30,33H,9-11H2,1-2H3,(H2,29,35)/i28-3. The van der Waals surface area contributed by atoms with Gasteiger partial charge in [-0.3, -0.25) is 9.59 Å². The zero-order chi connectivity index (χ0) is 25.7. The first kappa shape index (κ1) is 25.2. The number of nitrogens with two attached hydrogens (primary N) is 1. The molecule has 35 heavy (non-hydrogen) atoms. The molecule has 184 valence electrons. The van der Waals surface area contributed by atoms with Crippen LogP contribution in [0.2, 0.25) is 0 Å². The molecule has 0 atom stereocenters. The molecule has 0 spiro atoms. The minimum Gasteiger partial charge on any atom is -0.392 e. The number of aliphatic hydroxyl groups excluding tert-OH is 1. The fourth-order valence-corrected chi connectivity index (χ4v) is 4.94. The number of Topliss-reactive ketones (excluding diaryl/α,β-unsaturated/α-hetero) is 1. The number of amides is 1. The third-order valence-corrected chi connectivity index (χ3v) is 6.83. The zero-order valence-corrected chi connectivity index (χ0v) is 21.0. The second-order valence-electron chi connectivity index (χ2n) is 9.20. The molecule has 1 amide bonds. The third kappa shape index (κ3) is 4.92. The molecule has 1 heterocycles. The fourth-order valence-electron chi connectivity index (χ4n) is 4.25. The number of primary amides is 1. The van der Waals surface area contributed by atoms with Gasteiger partial charge in [0.05, 0.1) is 34.8 Å². The number of nitrogens with zero attached hydrogens (tertiary/aromatic N) is 2. The van der Waals surface area contributed by atoms with Gasteiger partial charge in [-0.2, -0.15) is 18.3 Å². The molecule has 2 aromatic carbocycles. The molecule has 3 aromatic rings. The van der Waals surface area contributed by atoms with E-state index in [-0.39, 0.29) is 42.1 Å². The molecule has 4 N–H and O–H groups in total. The first-order chi connectivity index (χ1) is 16.3. The summed E-state index contributed by atoms with van der Waals surface area (Å²) in [5.74, 6) is -1.32. The van der Waals surface area contributed by atoms with Crippen molar-refractivity contribution in [3.05, 3.63) is 68.0 Å². The highest BCUT2D eigenvalue weighted by Gasteiger charge is 2.45. The van der Waals surface area contributed by atoms with Gasteiger partial charge in [0.15, 0.2) is 11.5 Å². The molecule has 11 heteroatoms. The molecule has 0 saturated carbocycles. The highest BCUT2D eigenvalue weighted by atomic mass is 124. The van der Waals surface area contributed by atoms with Gasteiger partial charge in [0.25, 0.3) is 5.91 Å². The average Bonchev–Trinajstić information content (AvgIpc) is 3.12. The number of rotatable bonds is 5. The lowest BCUT2D eigenvalue weighted by Gasteiger charge is -2.29. The van der Waals surface area contributed by atoms with E-state index >= 15 is 0 Å². The number of carbonyl (C=O) groups is 2. The van der Waals surface area contributed by atoms with E-state index < -0.39 is 34.5 Å². The summed E-state index contributed by atoms with van der Waals surface area (Å²) in [5, 5.41) is 16.3. The summed E-state index contributed by atoms with van der Waals surface area (Å²) in [5.41, 5.74) is 5.50. The van der Waals surface area contributed by atoms with Gasteiger partial charge in [0, 0.05) is 15.7 Å². The number of fused-ring (bicyclic) bond motifs is 1. The van der Waals surface area contributed by atoms with E-state index in [0.717, 1.165) is 13.8 Å². The van der Waals surface area contributed by atoms with E-state index in [1.807, 2.05) is 13.8 Å². The molecule has 0 saturated heterocycles. The molecular weight excluding hydrogens is 573 g/mol. The van der Waals surface area contributed by atoms with E-state index in [1.165, 1.54) is 18.2 Å². The van der Waals surface area contributed by atoms with Crippen molar-refractivity contribution >= 4 is 45.7 Å². The van der Waals surface area contributed by atoms with Crippen LogP contribution >= 0.6 is 22.6 Å². The van der Waals surface area contributed by atoms with Crippen molar-refractivity contribution in [3.63, 3.8) is 0 Å². The van der Waals surface area contributed by atoms with Crippen molar-refractivity contribution in [1.29, 1.82) is 0 Å². The van der Waals surface area contributed by atoms with Crippen LogP contribution in [-0.4, -0.2) is 26.6 Å². The van der Waals surface area contributed by atoms with Crippen molar-refractivity contribution in [3.8, 4) is 5.69 Å². The van der Waals surface area contributed by atoms with E-state index in [2.05, 4.69) is 33.0 Å². The van der Waals surface area contributed by atoms with Crippen molar-refractivity contribution < 1.29 is 27.9 Å². The lowest BCUT2D eigenvalue weighted by atomic mass is 9.75. The van der Waals surface area contributed by atoms with Crippen LogP contribution in [0.5, 0.6) is 0 Å². The summed E-state index contributed by atoms with van der Waals surface area (Å²) >= 11 is 2.06. The maximum atomic E-state index is 13.8. The minimum atomic E-state index is -4.80. The molecule has 0 unspecified atom stereocenters. The van der Waals surface area contributed by atoms with Crippen molar-refractivity contribution in [2.45, 2.75) is 39.5 Å². The molecule has 1 aliphatic rings. The van der Waals surface area contributed by atoms with Crippen LogP contribution in [0.4, 0.5) is 24.5 Å². The number of halogens is 4. The number of aromatic nitrogens is 2. The quantitative estimate of drug-likeness (QED) is 0.361. The van der Waals surface area contributed by atoms with Crippen LogP contribution in [0.15, 0.2) is 36.4 Å². The summed E-state index contributed by atoms with van der Waals surface area (Å²) in [6, 6.07) is 9.50. The van der Waals surface area contributed by atoms with Crippen molar-refractivity contribution in [2.75, 3.05) is 5.32 Å². The number of hydrogen-bond donors (Lipinski definition) is 3. The second kappa shape index (κ2) is 8.94. The number of anilines is 2. The summed E-state index contributed by atoms with van der Waals surface area (Å²) in [6.45, 7) is 3.50. The van der Waals surface area contributed by atoms with Crippen LogP contribution in [0.25, 0.3) is 5.69 Å². The Bertz CT molecular complexity index is 1350. The Balaban J connectivity index is 1.86. The maximum Gasteiger partial charge on any atom is 0.435 e. The van der Waals surface area contributed by atoms with E-state index in [0.29, 0.717) is 5.69 Å². The maximum absolute atomic E-state index is 13.8. The number of ketones is 1. The monoisotopic (exact) mass is 595 g/mol. The molecule has 0 bridgehead atoms. The van der Waals surface area contributed by atoms with Gasteiger partial charge in [-0.05, 0) is 70.3 Å². The number of benzene rings is 2. The van der Waals surface area contributed by atoms with Crippen LogP contribution < -0.4 is 11.1 Å². The van der Waals surface area contributed by atoms with Crippen LogP contribution in [0, 0.1) is 8.99 Å². The van der Waals surface area contributed by atoms with Gasteiger partial charge < -0.3 is 16.2 Å². The van der Waals surface area contributed by atoms with Crippen molar-refractivity contribution in [1.82, 2.24) is 9.78 Å². The number of nitrogens with one attached hydrogen (secondary N) is 1. The van der Waals surface area contributed by atoms with Crippen LogP contribution in [0.1, 0.15) is 57.9 Å². The third-order valence-electron chi connectivity index (χ3n) is 5.83. The molecule has 1 aromatic heterocycles. The largest absolute Gasteiger partial charge is 0.435 e. The zero-order valence-electron chi connectivity index (χ0n) is 18.8. The Hall–Kier alpha value is -2.93. The predicted molar refractivity (Wildman–Crippen MR) is 132 cm³/mol. The second-order valence-corrected chi connectivity index (χ2v) is 10.4. The highest BCUT2D eigenvalue weighted by Crippen LogP contribution is 2.42. The minimum absolute atomic E-state index is 0.00926. The van der Waals surface area contributed by atoms with E-state index in [4.69, 9.17) is 5.73 Å². The van der Waals surface area contributed by atoms with Gasteiger partial charge in [-0.15, -0.1) is 0 Å². The molecule has 0 fully saturated rings. The SMILES string of the molecule is CC1(C)CC(=O)c2c(C(F)(F)F)nn(-c3ccc(C(N)=O)c(Nc4ccc(CO)c([124I])c4)c3)c2C1.